The molecule has 4 aromatic rings. The lowest BCUT2D eigenvalue weighted by Crippen LogP contribution is -2.25. The second-order valence-corrected chi connectivity index (χ2v) is 9.34. The predicted molar refractivity (Wildman–Crippen MR) is 134 cm³/mol. The third kappa shape index (κ3) is 3.40. The van der Waals surface area contributed by atoms with Crippen LogP contribution in [-0.4, -0.2) is 6.10 Å². The number of benzene rings is 4. The van der Waals surface area contributed by atoms with E-state index in [1.165, 1.54) is 39.1 Å². The maximum Gasteiger partial charge on any atom is 0.0911 e. The van der Waals surface area contributed by atoms with Gasteiger partial charge in [-0.1, -0.05) is 72.8 Å². The molecule has 1 saturated heterocycles. The van der Waals surface area contributed by atoms with Gasteiger partial charge in [-0.05, 0) is 83.0 Å². The number of nitrogens with zero attached hydrogens (tertiary/aromatic N) is 1. The van der Waals surface area contributed by atoms with E-state index in [-0.39, 0.29) is 12.1 Å². The fourth-order valence-corrected chi connectivity index (χ4v) is 5.66. The first-order valence-corrected chi connectivity index (χ1v) is 11.9. The topological polar surface area (TPSA) is 12.5 Å². The first kappa shape index (κ1) is 19.6. The van der Waals surface area contributed by atoms with Gasteiger partial charge >= 0.3 is 0 Å². The van der Waals surface area contributed by atoms with Crippen LogP contribution in [0, 0.1) is 12.8 Å². The Labute approximate surface area is 190 Å². The molecule has 1 aliphatic carbocycles. The van der Waals surface area contributed by atoms with Crippen LogP contribution in [0.15, 0.2) is 91.0 Å². The van der Waals surface area contributed by atoms with Gasteiger partial charge in [0.15, 0.2) is 0 Å². The molecule has 0 saturated carbocycles. The molecule has 2 nitrogen and oxygen atoms in total. The van der Waals surface area contributed by atoms with Crippen molar-refractivity contribution in [2.75, 3.05) is 5.06 Å². The van der Waals surface area contributed by atoms with Crippen LogP contribution in [0.5, 0.6) is 0 Å². The average molecular weight is 420 g/mol. The quantitative estimate of drug-likeness (QED) is 0.247. The van der Waals surface area contributed by atoms with Crippen LogP contribution in [0.1, 0.15) is 42.9 Å². The summed E-state index contributed by atoms with van der Waals surface area (Å²) >= 11 is 0. The van der Waals surface area contributed by atoms with Crippen LogP contribution in [-0.2, 0) is 4.84 Å². The molecule has 0 bridgehead atoms. The van der Waals surface area contributed by atoms with Gasteiger partial charge in [0.1, 0.15) is 0 Å². The van der Waals surface area contributed by atoms with E-state index in [2.05, 4.69) is 103 Å². The first-order valence-electron chi connectivity index (χ1n) is 11.9. The van der Waals surface area contributed by atoms with E-state index < -0.39 is 0 Å². The summed E-state index contributed by atoms with van der Waals surface area (Å²) < 4.78 is 0. The van der Waals surface area contributed by atoms with Gasteiger partial charge in [0.2, 0.25) is 0 Å². The molecular weight excluding hydrogens is 390 g/mol. The zero-order chi connectivity index (χ0) is 21.5. The van der Waals surface area contributed by atoms with E-state index >= 15 is 0 Å². The highest BCUT2D eigenvalue weighted by Gasteiger charge is 2.40. The monoisotopic (exact) mass is 419 g/mol. The number of anilines is 1. The number of allylic oxidation sites excluding steroid dienone is 2. The molecule has 4 aromatic carbocycles. The highest BCUT2D eigenvalue weighted by molar-refractivity contribution is 6.03. The Morgan fingerprint density at radius 3 is 2.25 bits per heavy atom. The minimum Gasteiger partial charge on any atom is -0.269 e. The zero-order valence-corrected chi connectivity index (χ0v) is 18.6. The van der Waals surface area contributed by atoms with Crippen LogP contribution in [0.2, 0.25) is 0 Å². The fourth-order valence-electron chi connectivity index (χ4n) is 5.66. The Morgan fingerprint density at radius 2 is 1.56 bits per heavy atom. The number of hydrogen-bond donors (Lipinski definition) is 0. The highest BCUT2D eigenvalue weighted by Crippen LogP contribution is 2.46. The summed E-state index contributed by atoms with van der Waals surface area (Å²) in [5, 5.41) is 7.50. The maximum absolute atomic E-state index is 6.81. The molecule has 0 N–H and O–H groups in total. The van der Waals surface area contributed by atoms with Crippen molar-refractivity contribution in [3.63, 3.8) is 0 Å². The highest BCUT2D eigenvalue weighted by atomic mass is 16.7. The molecular formula is C30H29NO. The lowest BCUT2D eigenvalue weighted by molar-refractivity contribution is 0.0390. The molecule has 3 unspecified atom stereocenters. The molecule has 32 heavy (non-hydrogen) atoms. The minimum absolute atomic E-state index is 0.184. The summed E-state index contributed by atoms with van der Waals surface area (Å²) in [6.07, 6.45) is 9.42. The van der Waals surface area contributed by atoms with Gasteiger partial charge in [-0.15, -0.1) is 0 Å². The van der Waals surface area contributed by atoms with Gasteiger partial charge in [0.05, 0.1) is 17.8 Å². The van der Waals surface area contributed by atoms with Crippen LogP contribution in [0.4, 0.5) is 5.69 Å². The number of hydrogen-bond acceptors (Lipinski definition) is 2. The molecule has 6 rings (SSSR count). The van der Waals surface area contributed by atoms with Crippen molar-refractivity contribution >= 4 is 27.2 Å². The summed E-state index contributed by atoms with van der Waals surface area (Å²) in [4.78, 5) is 6.81. The van der Waals surface area contributed by atoms with Crippen molar-refractivity contribution in [2.24, 2.45) is 5.92 Å². The second-order valence-electron chi connectivity index (χ2n) is 9.34. The molecule has 0 spiro atoms. The van der Waals surface area contributed by atoms with E-state index in [4.69, 9.17) is 4.84 Å². The van der Waals surface area contributed by atoms with Crippen LogP contribution < -0.4 is 5.06 Å². The summed E-state index contributed by atoms with van der Waals surface area (Å²) in [6, 6.07) is 28.9. The third-order valence-electron chi connectivity index (χ3n) is 7.23. The van der Waals surface area contributed by atoms with Crippen LogP contribution in [0.3, 0.4) is 0 Å². The Kier molecular flexibility index (Phi) is 4.96. The molecule has 0 radical (unpaired) electrons. The Balaban J connectivity index is 1.54. The lowest BCUT2D eigenvalue weighted by atomic mass is 9.84. The van der Waals surface area contributed by atoms with Gasteiger partial charge < -0.3 is 0 Å². The Bertz CT molecular complexity index is 1250. The lowest BCUT2D eigenvalue weighted by Gasteiger charge is -2.28. The zero-order valence-electron chi connectivity index (χ0n) is 18.6. The normalized spacial score (nSPS) is 23.3. The average Bonchev–Trinajstić information content (AvgIpc) is 3.28. The summed E-state index contributed by atoms with van der Waals surface area (Å²) in [5.41, 5.74) is 3.81. The number of aryl methyl sites for hydroxylation is 1. The van der Waals surface area contributed by atoms with E-state index in [1.54, 1.807) is 0 Å². The van der Waals surface area contributed by atoms with Crippen molar-refractivity contribution in [2.45, 2.75) is 44.8 Å². The molecule has 1 heterocycles. The largest absolute Gasteiger partial charge is 0.269 e. The number of hydroxylamine groups is 1. The van der Waals surface area contributed by atoms with Crippen molar-refractivity contribution < 1.29 is 4.84 Å². The molecule has 0 amide bonds. The number of rotatable bonds is 3. The van der Waals surface area contributed by atoms with Crippen molar-refractivity contribution in [1.82, 2.24) is 0 Å². The van der Waals surface area contributed by atoms with Gasteiger partial charge in [0, 0.05) is 6.42 Å². The predicted octanol–water partition coefficient (Wildman–Crippen LogP) is 7.91. The molecule has 2 heteroatoms. The maximum atomic E-state index is 6.81. The van der Waals surface area contributed by atoms with E-state index in [0.717, 1.165) is 24.9 Å². The fraction of sp³-hybridized carbons (Fsp3) is 0.267. The number of fused-ring (bicyclic) bond motifs is 2. The van der Waals surface area contributed by atoms with Crippen molar-refractivity contribution in [3.05, 3.63) is 102 Å². The van der Waals surface area contributed by atoms with Crippen molar-refractivity contribution in [1.29, 1.82) is 0 Å². The van der Waals surface area contributed by atoms with Crippen LogP contribution >= 0.6 is 0 Å². The summed E-state index contributed by atoms with van der Waals surface area (Å²) in [5.74, 6) is 0.582. The summed E-state index contributed by atoms with van der Waals surface area (Å²) in [7, 11) is 0. The molecule has 160 valence electrons. The molecule has 0 aromatic heterocycles. The standard InChI is InChI=1S/C30H29NO/c1-21-10-9-15-25(18-21)31-28(20-29(32-31)22-11-3-2-4-12-22)30-26-16-7-5-13-23(26)19-24-14-6-8-17-27(24)30/h2-3,5-10,13-19,22,28-29H,4,11-12,20H2,1H3. The summed E-state index contributed by atoms with van der Waals surface area (Å²) in [6.45, 7) is 2.16. The van der Waals surface area contributed by atoms with Gasteiger partial charge in [-0.2, -0.15) is 0 Å². The Hall–Kier alpha value is -3.10. The first-order chi connectivity index (χ1) is 15.8. The SMILES string of the molecule is Cc1cccc(N2OC(C3CC=CCC3)CC2c2c3ccccc3cc3ccccc23)c1. The second kappa shape index (κ2) is 8.11. The van der Waals surface area contributed by atoms with Gasteiger partial charge in [-0.25, -0.2) is 5.06 Å². The third-order valence-corrected chi connectivity index (χ3v) is 7.23. The minimum atomic E-state index is 0.184. The van der Waals surface area contributed by atoms with E-state index in [0.29, 0.717) is 5.92 Å². The van der Waals surface area contributed by atoms with Crippen molar-refractivity contribution in [3.8, 4) is 0 Å². The smallest absolute Gasteiger partial charge is 0.0911 e. The molecule has 1 aliphatic heterocycles. The van der Waals surface area contributed by atoms with Gasteiger partial charge in [0.25, 0.3) is 0 Å². The van der Waals surface area contributed by atoms with E-state index in [1.807, 2.05) is 0 Å². The molecule has 3 atom stereocenters. The Morgan fingerprint density at radius 1 is 0.812 bits per heavy atom. The molecule has 2 aliphatic rings. The van der Waals surface area contributed by atoms with E-state index in [9.17, 15) is 0 Å². The van der Waals surface area contributed by atoms with Crippen LogP contribution in [0.25, 0.3) is 21.5 Å². The van der Waals surface area contributed by atoms with Gasteiger partial charge in [-0.3, -0.25) is 4.84 Å². The molecule has 1 fully saturated rings.